The highest BCUT2D eigenvalue weighted by atomic mass is 19.4. The van der Waals surface area contributed by atoms with Gasteiger partial charge in [-0.3, -0.25) is 0 Å². The van der Waals surface area contributed by atoms with Crippen molar-refractivity contribution in [1.29, 1.82) is 0 Å². The molecule has 0 bridgehead atoms. The first-order valence-corrected chi connectivity index (χ1v) is 9.78. The second-order valence-electron chi connectivity index (χ2n) is 7.57. The Hall–Kier alpha value is -2.30. The lowest BCUT2D eigenvalue weighted by molar-refractivity contribution is -0.138. The summed E-state index contributed by atoms with van der Waals surface area (Å²) in [5.74, 6) is 0.00199. The van der Waals surface area contributed by atoms with E-state index in [4.69, 9.17) is 4.84 Å². The molecule has 2 aromatic rings. The standard InChI is InChI=1S/C23H26F3NO/c1-16-8-11-19(12-9-16)17(2)27-28-15-18-10-13-21(20-6-4-3-5-7-20)22(14-18)23(24,25)26/h8-14,20H,3-7,15H2,1-2H3. The summed E-state index contributed by atoms with van der Waals surface area (Å²) in [4.78, 5) is 5.34. The van der Waals surface area contributed by atoms with Gasteiger partial charge in [0.2, 0.25) is 0 Å². The molecule has 0 atom stereocenters. The van der Waals surface area contributed by atoms with E-state index in [1.54, 1.807) is 12.1 Å². The van der Waals surface area contributed by atoms with E-state index < -0.39 is 11.7 Å². The fourth-order valence-corrected chi connectivity index (χ4v) is 3.76. The van der Waals surface area contributed by atoms with Gasteiger partial charge in [0.1, 0.15) is 6.61 Å². The van der Waals surface area contributed by atoms with Crippen molar-refractivity contribution in [2.24, 2.45) is 5.16 Å². The Balaban J connectivity index is 1.73. The molecule has 0 amide bonds. The van der Waals surface area contributed by atoms with Crippen LogP contribution in [-0.2, 0) is 17.6 Å². The molecular formula is C23H26F3NO. The zero-order valence-corrected chi connectivity index (χ0v) is 16.4. The summed E-state index contributed by atoms with van der Waals surface area (Å²) in [6.07, 6.45) is 0.420. The Bertz CT molecular complexity index is 819. The number of hydrogen-bond acceptors (Lipinski definition) is 2. The second kappa shape index (κ2) is 8.80. The van der Waals surface area contributed by atoms with Crippen molar-refractivity contribution in [1.82, 2.24) is 0 Å². The van der Waals surface area contributed by atoms with E-state index in [2.05, 4.69) is 5.16 Å². The number of rotatable bonds is 5. The molecule has 150 valence electrons. The Morgan fingerprint density at radius 2 is 1.71 bits per heavy atom. The van der Waals surface area contributed by atoms with Gasteiger partial charge in [-0.2, -0.15) is 13.2 Å². The predicted octanol–water partition coefficient (Wildman–Crippen LogP) is 7.00. The summed E-state index contributed by atoms with van der Waals surface area (Å²) in [6, 6.07) is 12.4. The van der Waals surface area contributed by atoms with E-state index in [0.29, 0.717) is 16.8 Å². The number of benzene rings is 2. The first-order valence-electron chi connectivity index (χ1n) is 9.78. The molecule has 0 saturated heterocycles. The summed E-state index contributed by atoms with van der Waals surface area (Å²) in [5, 5.41) is 4.06. The molecule has 0 aromatic heterocycles. The van der Waals surface area contributed by atoms with E-state index in [1.165, 1.54) is 6.07 Å². The molecule has 1 aliphatic rings. The number of hydrogen-bond donors (Lipinski definition) is 0. The van der Waals surface area contributed by atoms with E-state index in [1.807, 2.05) is 38.1 Å². The van der Waals surface area contributed by atoms with Gasteiger partial charge in [0.05, 0.1) is 11.3 Å². The highest BCUT2D eigenvalue weighted by Gasteiger charge is 2.35. The van der Waals surface area contributed by atoms with E-state index in [9.17, 15) is 13.2 Å². The molecule has 1 fully saturated rings. The van der Waals surface area contributed by atoms with Crippen LogP contribution in [0.1, 0.15) is 72.8 Å². The maximum absolute atomic E-state index is 13.6. The van der Waals surface area contributed by atoms with Gasteiger partial charge in [0.15, 0.2) is 0 Å². The quantitative estimate of drug-likeness (QED) is 0.398. The summed E-state index contributed by atoms with van der Waals surface area (Å²) in [6.45, 7) is 3.83. The molecule has 2 nitrogen and oxygen atoms in total. The molecule has 0 unspecified atom stereocenters. The third-order valence-corrected chi connectivity index (χ3v) is 5.37. The number of nitrogens with zero attached hydrogens (tertiary/aromatic N) is 1. The van der Waals surface area contributed by atoms with E-state index in [-0.39, 0.29) is 12.5 Å². The molecule has 0 spiro atoms. The monoisotopic (exact) mass is 389 g/mol. The van der Waals surface area contributed by atoms with Crippen LogP contribution in [0.5, 0.6) is 0 Å². The topological polar surface area (TPSA) is 21.6 Å². The largest absolute Gasteiger partial charge is 0.416 e. The molecule has 0 aliphatic heterocycles. The normalized spacial score (nSPS) is 16.2. The van der Waals surface area contributed by atoms with Crippen LogP contribution in [0.25, 0.3) is 0 Å². The zero-order chi connectivity index (χ0) is 20.1. The van der Waals surface area contributed by atoms with Crippen LogP contribution in [0.4, 0.5) is 13.2 Å². The Kier molecular flexibility index (Phi) is 6.42. The molecule has 28 heavy (non-hydrogen) atoms. The van der Waals surface area contributed by atoms with Crippen molar-refractivity contribution >= 4 is 5.71 Å². The summed E-state index contributed by atoms with van der Waals surface area (Å²) in [5.41, 5.74) is 3.14. The van der Waals surface area contributed by atoms with Crippen molar-refractivity contribution in [3.8, 4) is 0 Å². The lowest BCUT2D eigenvalue weighted by Gasteiger charge is -2.25. The minimum Gasteiger partial charge on any atom is -0.391 e. The maximum atomic E-state index is 13.6. The molecule has 5 heteroatoms. The van der Waals surface area contributed by atoms with Gasteiger partial charge in [-0.1, -0.05) is 66.4 Å². The lowest BCUT2D eigenvalue weighted by atomic mass is 9.81. The first kappa shape index (κ1) is 20.4. The van der Waals surface area contributed by atoms with Gasteiger partial charge in [-0.15, -0.1) is 0 Å². The Labute approximate surface area is 164 Å². The van der Waals surface area contributed by atoms with Crippen LogP contribution >= 0.6 is 0 Å². The number of aryl methyl sites for hydroxylation is 1. The minimum absolute atomic E-state index is 0.00199. The van der Waals surface area contributed by atoms with Crippen molar-refractivity contribution in [3.63, 3.8) is 0 Å². The van der Waals surface area contributed by atoms with Gasteiger partial charge < -0.3 is 4.84 Å². The molecule has 0 N–H and O–H groups in total. The highest BCUT2D eigenvalue weighted by molar-refractivity contribution is 5.98. The highest BCUT2D eigenvalue weighted by Crippen LogP contribution is 2.41. The van der Waals surface area contributed by atoms with Gasteiger partial charge in [-0.05, 0) is 55.4 Å². The predicted molar refractivity (Wildman–Crippen MR) is 105 cm³/mol. The molecule has 2 aromatic carbocycles. The number of oxime groups is 1. The Morgan fingerprint density at radius 3 is 2.36 bits per heavy atom. The smallest absolute Gasteiger partial charge is 0.391 e. The first-order chi connectivity index (χ1) is 13.3. The lowest BCUT2D eigenvalue weighted by Crippen LogP contribution is -2.15. The fraction of sp³-hybridized carbons (Fsp3) is 0.435. The average Bonchev–Trinajstić information content (AvgIpc) is 2.68. The van der Waals surface area contributed by atoms with Gasteiger partial charge in [0.25, 0.3) is 0 Å². The van der Waals surface area contributed by atoms with Crippen LogP contribution in [0.3, 0.4) is 0 Å². The molecular weight excluding hydrogens is 363 g/mol. The summed E-state index contributed by atoms with van der Waals surface area (Å²) in [7, 11) is 0. The Morgan fingerprint density at radius 1 is 1.04 bits per heavy atom. The van der Waals surface area contributed by atoms with Crippen LogP contribution < -0.4 is 0 Å². The van der Waals surface area contributed by atoms with Crippen molar-refractivity contribution in [2.45, 2.75) is 64.7 Å². The summed E-state index contributed by atoms with van der Waals surface area (Å²) < 4.78 is 40.9. The molecule has 3 rings (SSSR count). The van der Waals surface area contributed by atoms with Gasteiger partial charge >= 0.3 is 6.18 Å². The van der Waals surface area contributed by atoms with Crippen LogP contribution in [0.15, 0.2) is 47.6 Å². The van der Waals surface area contributed by atoms with Gasteiger partial charge in [-0.25, -0.2) is 0 Å². The molecule has 0 heterocycles. The summed E-state index contributed by atoms with van der Waals surface area (Å²) >= 11 is 0. The number of alkyl halides is 3. The van der Waals surface area contributed by atoms with E-state index in [0.717, 1.165) is 43.2 Å². The average molecular weight is 389 g/mol. The third kappa shape index (κ3) is 5.15. The number of halogens is 3. The second-order valence-corrected chi connectivity index (χ2v) is 7.57. The van der Waals surface area contributed by atoms with Crippen molar-refractivity contribution in [3.05, 3.63) is 70.3 Å². The van der Waals surface area contributed by atoms with Crippen molar-refractivity contribution < 1.29 is 18.0 Å². The molecule has 1 saturated carbocycles. The fourth-order valence-electron chi connectivity index (χ4n) is 3.76. The minimum atomic E-state index is -4.36. The molecule has 0 radical (unpaired) electrons. The molecule has 1 aliphatic carbocycles. The van der Waals surface area contributed by atoms with Crippen LogP contribution in [0.2, 0.25) is 0 Å². The van der Waals surface area contributed by atoms with Gasteiger partial charge in [0, 0.05) is 0 Å². The van der Waals surface area contributed by atoms with Crippen LogP contribution in [-0.4, -0.2) is 5.71 Å². The van der Waals surface area contributed by atoms with Crippen molar-refractivity contribution in [2.75, 3.05) is 0 Å². The third-order valence-electron chi connectivity index (χ3n) is 5.37. The van der Waals surface area contributed by atoms with E-state index >= 15 is 0 Å². The van der Waals surface area contributed by atoms with Crippen LogP contribution in [0, 0.1) is 6.92 Å². The maximum Gasteiger partial charge on any atom is 0.416 e. The zero-order valence-electron chi connectivity index (χ0n) is 16.4. The SMILES string of the molecule is CC(=NOCc1ccc(C2CCCCC2)c(C(F)(F)F)c1)c1ccc(C)cc1.